The number of carbonyl (C=O) groups excluding carboxylic acids is 1. The van der Waals surface area contributed by atoms with Gasteiger partial charge in [-0.15, -0.1) is 0 Å². The molecule has 82 valence electrons. The van der Waals surface area contributed by atoms with E-state index in [1.807, 2.05) is 13.2 Å². The van der Waals surface area contributed by atoms with Crippen LogP contribution in [0.2, 0.25) is 0 Å². The maximum absolute atomic E-state index is 11.6. The number of amides is 1. The molecule has 1 amide bonds. The quantitative estimate of drug-likeness (QED) is 0.688. The van der Waals surface area contributed by atoms with Gasteiger partial charge in [0.2, 0.25) is 0 Å². The van der Waals surface area contributed by atoms with E-state index in [2.05, 4.69) is 10.6 Å². The lowest BCUT2D eigenvalue weighted by Crippen LogP contribution is -2.50. The average molecular weight is 218 g/mol. The highest BCUT2D eigenvalue weighted by Gasteiger charge is 2.22. The minimum atomic E-state index is -0.312. The number of nitrogens with one attached hydrogen (secondary N) is 2. The Hall–Kier alpha value is -0.260. The first-order chi connectivity index (χ1) is 6.74. The van der Waals surface area contributed by atoms with E-state index in [0.29, 0.717) is 13.2 Å². The van der Waals surface area contributed by atoms with Crippen molar-refractivity contribution in [3.63, 3.8) is 0 Å². The Labute approximate surface area is 89.2 Å². The zero-order valence-electron chi connectivity index (χ0n) is 8.71. The van der Waals surface area contributed by atoms with E-state index in [1.54, 1.807) is 11.8 Å². The molecule has 1 unspecified atom stereocenters. The van der Waals surface area contributed by atoms with Gasteiger partial charge in [-0.1, -0.05) is 0 Å². The molecule has 14 heavy (non-hydrogen) atoms. The van der Waals surface area contributed by atoms with Crippen LogP contribution < -0.4 is 10.6 Å². The van der Waals surface area contributed by atoms with Gasteiger partial charge >= 0.3 is 0 Å². The Bertz CT molecular complexity index is 184. The molecule has 0 aromatic rings. The molecule has 1 heterocycles. The molecule has 0 radical (unpaired) electrons. The van der Waals surface area contributed by atoms with Gasteiger partial charge in [0.15, 0.2) is 0 Å². The van der Waals surface area contributed by atoms with Crippen LogP contribution in [0, 0.1) is 0 Å². The number of thioether (sulfide) groups is 1. The van der Waals surface area contributed by atoms with Crippen molar-refractivity contribution in [3.05, 3.63) is 0 Å². The lowest BCUT2D eigenvalue weighted by atomic mass is 10.2. The fraction of sp³-hybridized carbons (Fsp3) is 0.889. The molecular formula is C9H18N2O2S. The molecule has 2 N–H and O–H groups in total. The summed E-state index contributed by atoms with van der Waals surface area (Å²) in [6.07, 6.45) is 1.72. The fourth-order valence-corrected chi connectivity index (χ4v) is 1.94. The van der Waals surface area contributed by atoms with Crippen molar-refractivity contribution in [3.8, 4) is 0 Å². The first-order valence-electron chi connectivity index (χ1n) is 4.85. The molecule has 0 aliphatic carbocycles. The Balaban J connectivity index is 2.25. The number of carbonyl (C=O) groups is 1. The van der Waals surface area contributed by atoms with Crippen LogP contribution in [0.4, 0.5) is 0 Å². The number of hydrogen-bond acceptors (Lipinski definition) is 4. The Morgan fingerprint density at radius 2 is 2.57 bits per heavy atom. The van der Waals surface area contributed by atoms with E-state index in [0.717, 1.165) is 12.3 Å². The van der Waals surface area contributed by atoms with Gasteiger partial charge in [-0.25, -0.2) is 0 Å². The van der Waals surface area contributed by atoms with Crippen LogP contribution in [-0.4, -0.2) is 49.8 Å². The van der Waals surface area contributed by atoms with Crippen LogP contribution in [-0.2, 0) is 9.53 Å². The number of ether oxygens (including phenoxy) is 1. The topological polar surface area (TPSA) is 50.4 Å². The monoisotopic (exact) mass is 218 g/mol. The molecule has 0 saturated carbocycles. The summed E-state index contributed by atoms with van der Waals surface area (Å²) in [6, 6.07) is 0.211. The van der Waals surface area contributed by atoms with Crippen LogP contribution in [0.1, 0.15) is 6.92 Å². The van der Waals surface area contributed by atoms with E-state index in [9.17, 15) is 4.79 Å². The van der Waals surface area contributed by atoms with Crippen molar-refractivity contribution >= 4 is 17.7 Å². The van der Waals surface area contributed by atoms with Gasteiger partial charge < -0.3 is 15.4 Å². The summed E-state index contributed by atoms with van der Waals surface area (Å²) in [6.45, 7) is 4.08. The summed E-state index contributed by atoms with van der Waals surface area (Å²) in [7, 11) is 0. The third-order valence-electron chi connectivity index (χ3n) is 2.03. The van der Waals surface area contributed by atoms with Crippen molar-refractivity contribution in [2.75, 3.05) is 31.7 Å². The van der Waals surface area contributed by atoms with Gasteiger partial charge in [-0.2, -0.15) is 11.8 Å². The largest absolute Gasteiger partial charge is 0.366 e. The molecule has 1 rings (SSSR count). The molecular weight excluding hydrogens is 200 g/mol. The second-order valence-electron chi connectivity index (χ2n) is 3.43. The van der Waals surface area contributed by atoms with Crippen LogP contribution >= 0.6 is 11.8 Å². The lowest BCUT2D eigenvalue weighted by Gasteiger charge is -2.24. The molecule has 4 nitrogen and oxygen atoms in total. The first kappa shape index (κ1) is 11.8. The third-order valence-corrected chi connectivity index (χ3v) is 2.86. The van der Waals surface area contributed by atoms with Gasteiger partial charge in [0.05, 0.1) is 6.61 Å². The third kappa shape index (κ3) is 3.86. The number of morpholine rings is 1. The van der Waals surface area contributed by atoms with Crippen molar-refractivity contribution in [2.45, 2.75) is 19.1 Å². The highest BCUT2D eigenvalue weighted by Crippen LogP contribution is 2.00. The van der Waals surface area contributed by atoms with E-state index in [-0.39, 0.29) is 18.1 Å². The van der Waals surface area contributed by atoms with Gasteiger partial charge in [0.25, 0.3) is 5.91 Å². The van der Waals surface area contributed by atoms with E-state index >= 15 is 0 Å². The first-order valence-corrected chi connectivity index (χ1v) is 6.25. The molecule has 1 fully saturated rings. The summed E-state index contributed by atoms with van der Waals surface area (Å²) >= 11 is 1.73. The molecule has 2 atom stereocenters. The predicted octanol–water partition coefficient (Wildman–Crippen LogP) is -0.157. The standard InChI is InChI=1S/C9H18N2O2S/c1-7(6-14-2)11-9(12)8-5-10-3-4-13-8/h7-8,10H,3-6H2,1-2H3,(H,11,12)/t7?,8-/m0/s1. The summed E-state index contributed by atoms with van der Waals surface area (Å²) in [5.41, 5.74) is 0. The normalized spacial score (nSPS) is 24.3. The van der Waals surface area contributed by atoms with Crippen molar-refractivity contribution in [1.29, 1.82) is 0 Å². The molecule has 0 spiro atoms. The molecule has 0 aromatic heterocycles. The fourth-order valence-electron chi connectivity index (χ4n) is 1.36. The summed E-state index contributed by atoms with van der Waals surface area (Å²) < 4.78 is 5.34. The minimum Gasteiger partial charge on any atom is -0.366 e. The highest BCUT2D eigenvalue weighted by atomic mass is 32.2. The second kappa shape index (κ2) is 6.27. The Morgan fingerprint density at radius 1 is 1.79 bits per heavy atom. The minimum absolute atomic E-state index is 0.00116. The van der Waals surface area contributed by atoms with Gasteiger partial charge in [-0.05, 0) is 13.2 Å². The maximum atomic E-state index is 11.6. The van der Waals surface area contributed by atoms with Crippen LogP contribution in [0.5, 0.6) is 0 Å². The SMILES string of the molecule is CSCC(C)NC(=O)[C@@H]1CNCCO1. The van der Waals surface area contributed by atoms with E-state index < -0.39 is 0 Å². The lowest BCUT2D eigenvalue weighted by molar-refractivity contribution is -0.134. The van der Waals surface area contributed by atoms with Gasteiger partial charge in [0, 0.05) is 24.9 Å². The predicted molar refractivity (Wildman–Crippen MR) is 58.6 cm³/mol. The molecule has 5 heteroatoms. The zero-order chi connectivity index (χ0) is 10.4. The number of hydrogen-bond donors (Lipinski definition) is 2. The second-order valence-corrected chi connectivity index (χ2v) is 4.34. The molecule has 1 aliphatic rings. The average Bonchev–Trinajstić information content (AvgIpc) is 2.19. The highest BCUT2D eigenvalue weighted by molar-refractivity contribution is 7.98. The zero-order valence-corrected chi connectivity index (χ0v) is 9.52. The summed E-state index contributed by atoms with van der Waals surface area (Å²) in [5, 5.41) is 6.06. The van der Waals surface area contributed by atoms with Crippen LogP contribution in [0.3, 0.4) is 0 Å². The Morgan fingerprint density at radius 3 is 3.14 bits per heavy atom. The molecule has 0 bridgehead atoms. The summed E-state index contributed by atoms with van der Waals surface area (Å²) in [5.74, 6) is 0.935. The van der Waals surface area contributed by atoms with Crippen molar-refractivity contribution in [1.82, 2.24) is 10.6 Å². The van der Waals surface area contributed by atoms with E-state index in [1.165, 1.54) is 0 Å². The molecule has 1 saturated heterocycles. The molecule has 1 aliphatic heterocycles. The molecule has 0 aromatic carbocycles. The maximum Gasteiger partial charge on any atom is 0.250 e. The van der Waals surface area contributed by atoms with Gasteiger partial charge in [-0.3, -0.25) is 4.79 Å². The van der Waals surface area contributed by atoms with Crippen molar-refractivity contribution < 1.29 is 9.53 Å². The summed E-state index contributed by atoms with van der Waals surface area (Å²) in [4.78, 5) is 11.6. The smallest absolute Gasteiger partial charge is 0.250 e. The number of rotatable bonds is 4. The van der Waals surface area contributed by atoms with Crippen molar-refractivity contribution in [2.24, 2.45) is 0 Å². The van der Waals surface area contributed by atoms with Crippen LogP contribution in [0.15, 0.2) is 0 Å². The van der Waals surface area contributed by atoms with Crippen LogP contribution in [0.25, 0.3) is 0 Å². The van der Waals surface area contributed by atoms with E-state index in [4.69, 9.17) is 4.74 Å². The Kier molecular flexibility index (Phi) is 5.29. The van der Waals surface area contributed by atoms with Gasteiger partial charge in [0.1, 0.15) is 6.10 Å².